The lowest BCUT2D eigenvalue weighted by atomic mass is 9.83. The molecule has 2 saturated heterocycles. The van der Waals surface area contributed by atoms with Gasteiger partial charge in [0.2, 0.25) is 0 Å². The topological polar surface area (TPSA) is 20.3 Å². The predicted molar refractivity (Wildman–Crippen MR) is 85.0 cm³/mol. The summed E-state index contributed by atoms with van der Waals surface area (Å²) in [5.74, 6) is 0.520. The molecule has 2 atom stereocenters. The normalized spacial score (nSPS) is 26.9. The molecule has 0 aromatic heterocycles. The highest BCUT2D eigenvalue weighted by atomic mass is 16.1. The number of carbonyl (C=O) groups is 1. The molecule has 0 aliphatic carbocycles. The quantitative estimate of drug-likeness (QED) is 0.570. The fourth-order valence-corrected chi connectivity index (χ4v) is 4.06. The number of Topliss-reactive ketones (excluding diaryl/α,β-unsaturated/α-hetero) is 1. The Hall–Kier alpha value is -0.370. The lowest BCUT2D eigenvalue weighted by Gasteiger charge is -2.45. The van der Waals surface area contributed by atoms with Crippen molar-refractivity contribution in [3.63, 3.8) is 0 Å². The fraction of sp³-hybridized carbons (Fsp3) is 0.944. The van der Waals surface area contributed by atoms with E-state index in [4.69, 9.17) is 0 Å². The minimum Gasteiger partial charge on any atom is -0.300 e. The van der Waals surface area contributed by atoms with Crippen LogP contribution in [-0.4, -0.2) is 29.3 Å². The number of unbranched alkanes of at least 4 members (excludes halogenated alkanes) is 7. The van der Waals surface area contributed by atoms with Gasteiger partial charge in [-0.15, -0.1) is 0 Å². The van der Waals surface area contributed by atoms with Crippen LogP contribution < -0.4 is 0 Å². The van der Waals surface area contributed by atoms with Gasteiger partial charge >= 0.3 is 0 Å². The van der Waals surface area contributed by atoms with Gasteiger partial charge < -0.3 is 0 Å². The van der Waals surface area contributed by atoms with E-state index >= 15 is 0 Å². The molecule has 2 fully saturated rings. The molecule has 2 rings (SSSR count). The van der Waals surface area contributed by atoms with E-state index in [9.17, 15) is 4.79 Å². The first kappa shape index (κ1) is 16.0. The van der Waals surface area contributed by atoms with Crippen LogP contribution >= 0.6 is 0 Å². The molecule has 2 aliphatic heterocycles. The van der Waals surface area contributed by atoms with Crippen molar-refractivity contribution in [1.29, 1.82) is 0 Å². The van der Waals surface area contributed by atoms with Gasteiger partial charge in [0, 0.05) is 24.9 Å². The smallest absolute Gasteiger partial charge is 0.136 e. The second-order valence-electron chi connectivity index (χ2n) is 6.90. The van der Waals surface area contributed by atoms with Crippen LogP contribution in [0.1, 0.15) is 90.4 Å². The fourth-order valence-electron chi connectivity index (χ4n) is 4.06. The summed E-state index contributed by atoms with van der Waals surface area (Å²) in [6.45, 7) is 3.53. The van der Waals surface area contributed by atoms with Crippen molar-refractivity contribution >= 4 is 5.78 Å². The zero-order valence-electron chi connectivity index (χ0n) is 13.4. The summed E-state index contributed by atoms with van der Waals surface area (Å²) in [5, 5.41) is 0. The summed E-state index contributed by atoms with van der Waals surface area (Å²) < 4.78 is 0. The monoisotopic (exact) mass is 279 g/mol. The third-order valence-corrected chi connectivity index (χ3v) is 5.21. The molecule has 0 aromatic rings. The number of carbonyl (C=O) groups excluding carboxylic acids is 1. The third-order valence-electron chi connectivity index (χ3n) is 5.21. The molecule has 2 aliphatic rings. The summed E-state index contributed by atoms with van der Waals surface area (Å²) in [6, 6.07) is 1.19. The Morgan fingerprint density at radius 2 is 1.45 bits per heavy atom. The largest absolute Gasteiger partial charge is 0.300 e. The van der Waals surface area contributed by atoms with Crippen LogP contribution in [0.4, 0.5) is 0 Å². The molecular weight excluding hydrogens is 246 g/mol. The second-order valence-corrected chi connectivity index (χ2v) is 6.90. The highest BCUT2D eigenvalue weighted by molar-refractivity contribution is 5.80. The van der Waals surface area contributed by atoms with Gasteiger partial charge in [-0.05, 0) is 25.8 Å². The Morgan fingerprint density at radius 3 is 2.05 bits per heavy atom. The number of piperidine rings is 2. The zero-order chi connectivity index (χ0) is 14.2. The molecule has 20 heavy (non-hydrogen) atoms. The Morgan fingerprint density at radius 1 is 0.900 bits per heavy atom. The lowest BCUT2D eigenvalue weighted by molar-refractivity contribution is -0.127. The summed E-state index contributed by atoms with van der Waals surface area (Å²) >= 11 is 0. The van der Waals surface area contributed by atoms with Gasteiger partial charge in [-0.25, -0.2) is 0 Å². The van der Waals surface area contributed by atoms with Gasteiger partial charge in [-0.3, -0.25) is 9.69 Å². The number of hydrogen-bond acceptors (Lipinski definition) is 2. The van der Waals surface area contributed by atoms with Crippen molar-refractivity contribution in [3.8, 4) is 0 Å². The summed E-state index contributed by atoms with van der Waals surface area (Å²) in [7, 11) is 0. The van der Waals surface area contributed by atoms with Crippen molar-refractivity contribution in [3.05, 3.63) is 0 Å². The third kappa shape index (κ3) is 4.87. The van der Waals surface area contributed by atoms with Crippen LogP contribution in [-0.2, 0) is 4.79 Å². The molecule has 0 aromatic carbocycles. The van der Waals surface area contributed by atoms with E-state index in [-0.39, 0.29) is 0 Å². The van der Waals surface area contributed by atoms with E-state index in [1.807, 2.05) is 0 Å². The lowest BCUT2D eigenvalue weighted by Crippen LogP contribution is -2.52. The van der Waals surface area contributed by atoms with Crippen molar-refractivity contribution in [2.24, 2.45) is 0 Å². The van der Waals surface area contributed by atoms with Crippen molar-refractivity contribution in [1.82, 2.24) is 4.90 Å². The summed E-state index contributed by atoms with van der Waals surface area (Å²) in [5.41, 5.74) is 0. The van der Waals surface area contributed by atoms with Crippen LogP contribution in [0.25, 0.3) is 0 Å². The van der Waals surface area contributed by atoms with Gasteiger partial charge in [0.05, 0.1) is 0 Å². The van der Waals surface area contributed by atoms with Crippen molar-refractivity contribution < 1.29 is 4.79 Å². The van der Waals surface area contributed by atoms with Crippen LogP contribution in [0.2, 0.25) is 0 Å². The van der Waals surface area contributed by atoms with E-state index in [0.29, 0.717) is 17.9 Å². The summed E-state index contributed by atoms with van der Waals surface area (Å²) in [4.78, 5) is 14.4. The van der Waals surface area contributed by atoms with E-state index in [1.54, 1.807) is 0 Å². The molecular formula is C18H33NO. The van der Waals surface area contributed by atoms with Crippen LogP contribution in [0.5, 0.6) is 0 Å². The van der Waals surface area contributed by atoms with Crippen LogP contribution in [0.15, 0.2) is 0 Å². The molecule has 2 nitrogen and oxygen atoms in total. The van der Waals surface area contributed by atoms with Crippen molar-refractivity contribution in [2.75, 3.05) is 6.54 Å². The average Bonchev–Trinajstić information content (AvgIpc) is 2.42. The first-order chi connectivity index (χ1) is 9.81. The zero-order valence-corrected chi connectivity index (χ0v) is 13.4. The maximum atomic E-state index is 11.7. The molecule has 2 heterocycles. The molecule has 0 amide bonds. The van der Waals surface area contributed by atoms with Crippen LogP contribution in [0, 0.1) is 0 Å². The van der Waals surface area contributed by atoms with Gasteiger partial charge in [0.15, 0.2) is 0 Å². The number of hydrogen-bond donors (Lipinski definition) is 0. The van der Waals surface area contributed by atoms with Gasteiger partial charge in [0.25, 0.3) is 0 Å². The van der Waals surface area contributed by atoms with Gasteiger partial charge in [-0.2, -0.15) is 0 Å². The van der Waals surface area contributed by atoms with E-state index < -0.39 is 0 Å². The molecule has 0 saturated carbocycles. The minimum absolute atomic E-state index is 0.520. The molecule has 0 radical (unpaired) electrons. The highest BCUT2D eigenvalue weighted by Gasteiger charge is 2.36. The first-order valence-electron chi connectivity index (χ1n) is 9.08. The molecule has 0 spiro atoms. The SMILES string of the molecule is CCCCCCCCCCN1C2CCCC1CC(=O)C2. The Labute approximate surface area is 125 Å². The van der Waals surface area contributed by atoms with E-state index in [1.165, 1.54) is 77.2 Å². The molecule has 2 heteroatoms. The van der Waals surface area contributed by atoms with Crippen LogP contribution in [0.3, 0.4) is 0 Å². The van der Waals surface area contributed by atoms with E-state index in [2.05, 4.69) is 11.8 Å². The van der Waals surface area contributed by atoms with Gasteiger partial charge in [0.1, 0.15) is 5.78 Å². The molecule has 2 bridgehead atoms. The number of fused-ring (bicyclic) bond motifs is 2. The molecule has 2 unspecified atom stereocenters. The number of ketones is 1. The van der Waals surface area contributed by atoms with Gasteiger partial charge in [-0.1, -0.05) is 58.3 Å². The second kappa shape index (κ2) is 8.81. The maximum absolute atomic E-state index is 11.7. The standard InChI is InChI=1S/C18H33NO/c1-2-3-4-5-6-7-8-9-13-19-16-11-10-12-17(19)15-18(20)14-16/h16-17H,2-15H2,1H3. The maximum Gasteiger partial charge on any atom is 0.136 e. The molecule has 116 valence electrons. The van der Waals surface area contributed by atoms with E-state index in [0.717, 1.165) is 12.8 Å². The summed E-state index contributed by atoms with van der Waals surface area (Å²) in [6.07, 6.45) is 16.7. The molecule has 0 N–H and O–H groups in total. The Kier molecular flexibility index (Phi) is 7.06. The average molecular weight is 279 g/mol. The Balaban J connectivity index is 1.56. The number of nitrogens with zero attached hydrogens (tertiary/aromatic N) is 1. The highest BCUT2D eigenvalue weighted by Crippen LogP contribution is 2.32. The number of rotatable bonds is 9. The Bertz CT molecular complexity index is 273. The first-order valence-corrected chi connectivity index (χ1v) is 9.08. The van der Waals surface area contributed by atoms with Crippen molar-refractivity contribution in [2.45, 2.75) is 102 Å². The predicted octanol–water partition coefficient (Wildman–Crippen LogP) is 4.71. The minimum atomic E-state index is 0.520.